The van der Waals surface area contributed by atoms with Gasteiger partial charge in [-0.25, -0.2) is 4.98 Å². The maximum Gasteiger partial charge on any atom is 0.416 e. The Morgan fingerprint density at radius 1 is 0.958 bits per heavy atom. The Bertz CT molecular complexity index is 1770. The summed E-state index contributed by atoms with van der Waals surface area (Å²) in [6.07, 6.45) is -9.90. The molecule has 48 heavy (non-hydrogen) atoms. The molecule has 1 fully saturated rings. The Morgan fingerprint density at radius 3 is 2.23 bits per heavy atom. The van der Waals surface area contributed by atoms with Gasteiger partial charge in [-0.2, -0.15) is 39.9 Å². The second-order valence-corrected chi connectivity index (χ2v) is 12.9. The molecule has 5 rings (SSSR count). The lowest BCUT2D eigenvalue weighted by molar-refractivity contribution is -0.252. The summed E-state index contributed by atoms with van der Waals surface area (Å²) in [5.41, 5.74) is -3.22. The minimum atomic E-state index is -5.02. The molecular formula is C32H32F6N4O5S. The normalized spacial score (nSPS) is 18.6. The molecule has 0 radical (unpaired) electrons. The number of halogens is 6. The molecule has 4 aromatic rings. The van der Waals surface area contributed by atoms with E-state index in [2.05, 4.69) is 10.1 Å². The Kier molecular flexibility index (Phi) is 10.3. The van der Waals surface area contributed by atoms with Crippen LogP contribution in [0.15, 0.2) is 84.0 Å². The van der Waals surface area contributed by atoms with Gasteiger partial charge in [0, 0.05) is 12.1 Å². The van der Waals surface area contributed by atoms with Crippen LogP contribution in [-0.2, 0) is 54.9 Å². The van der Waals surface area contributed by atoms with Crippen molar-refractivity contribution >= 4 is 10.1 Å². The fourth-order valence-electron chi connectivity index (χ4n) is 5.28. The van der Waals surface area contributed by atoms with E-state index in [9.17, 15) is 34.8 Å². The molecule has 0 spiro atoms. The van der Waals surface area contributed by atoms with Crippen molar-refractivity contribution in [1.29, 1.82) is 0 Å². The molecule has 0 bridgehead atoms. The van der Waals surface area contributed by atoms with E-state index in [-0.39, 0.29) is 56.0 Å². The molecule has 1 aromatic heterocycles. The van der Waals surface area contributed by atoms with Crippen LogP contribution in [-0.4, -0.2) is 54.4 Å². The topological polar surface area (TPSA) is 95.8 Å². The summed E-state index contributed by atoms with van der Waals surface area (Å²) in [6, 6.07) is 16.2. The van der Waals surface area contributed by atoms with Gasteiger partial charge in [0.15, 0.2) is 11.5 Å². The molecule has 0 unspecified atom stereocenters. The molecule has 0 saturated carbocycles. The predicted octanol–water partition coefficient (Wildman–Crippen LogP) is 6.49. The van der Waals surface area contributed by atoms with Crippen LogP contribution in [0.4, 0.5) is 26.3 Å². The molecule has 0 amide bonds. The van der Waals surface area contributed by atoms with Gasteiger partial charge in [0.1, 0.15) is 6.33 Å². The number of aryl methyl sites for hydroxylation is 1. The van der Waals surface area contributed by atoms with Crippen LogP contribution in [0.1, 0.15) is 46.7 Å². The first-order valence-corrected chi connectivity index (χ1v) is 16.2. The van der Waals surface area contributed by atoms with Crippen LogP contribution in [0, 0.1) is 6.92 Å². The third-order valence-corrected chi connectivity index (χ3v) is 9.10. The van der Waals surface area contributed by atoms with E-state index in [0.717, 1.165) is 5.56 Å². The van der Waals surface area contributed by atoms with Gasteiger partial charge in [0.2, 0.25) is 0 Å². The molecule has 16 heteroatoms. The average molecular weight is 699 g/mol. The molecular weight excluding hydrogens is 666 g/mol. The van der Waals surface area contributed by atoms with Crippen molar-refractivity contribution in [2.24, 2.45) is 0 Å². The molecule has 3 aromatic carbocycles. The number of alkyl halides is 6. The van der Waals surface area contributed by atoms with E-state index in [1.165, 1.54) is 30.1 Å². The van der Waals surface area contributed by atoms with Gasteiger partial charge >= 0.3 is 12.4 Å². The van der Waals surface area contributed by atoms with Crippen LogP contribution in [0.25, 0.3) is 0 Å². The largest absolute Gasteiger partial charge is 0.416 e. The van der Waals surface area contributed by atoms with E-state index in [0.29, 0.717) is 23.5 Å². The molecule has 258 valence electrons. The summed E-state index contributed by atoms with van der Waals surface area (Å²) < 4.78 is 126. The standard InChI is InChI=1S/C32H32F6N4O5S/c1-22-8-10-28(11-9-22)48(43,44)46-15-13-42-21-39-29(40-42)19-41-12-14-45-20-30(41,25-6-4-3-5-7-25)47-23(2)24-16-26(31(33,34)35)18-27(17-24)32(36,37)38/h3-11,16-18,21,23H,12-15,19-20H2,1-2H3/t23-,30-/m1/s1. The molecule has 0 aliphatic carbocycles. The number of nitrogens with zero attached hydrogens (tertiary/aromatic N) is 4. The monoisotopic (exact) mass is 698 g/mol. The Labute approximate surface area is 273 Å². The summed E-state index contributed by atoms with van der Waals surface area (Å²) >= 11 is 0. The van der Waals surface area contributed by atoms with Crippen molar-refractivity contribution in [3.05, 3.63) is 113 Å². The lowest BCUT2D eigenvalue weighted by Crippen LogP contribution is -2.56. The summed E-state index contributed by atoms with van der Waals surface area (Å²) in [5.74, 6) is 0.299. The Balaban J connectivity index is 1.38. The fraction of sp³-hybridized carbons (Fsp3) is 0.375. The van der Waals surface area contributed by atoms with Crippen molar-refractivity contribution < 1.29 is 48.4 Å². The smallest absolute Gasteiger partial charge is 0.375 e. The third-order valence-electron chi connectivity index (χ3n) is 7.77. The number of benzene rings is 3. The van der Waals surface area contributed by atoms with Crippen LogP contribution in [0.3, 0.4) is 0 Å². The van der Waals surface area contributed by atoms with Crippen LogP contribution in [0.5, 0.6) is 0 Å². The highest BCUT2D eigenvalue weighted by Crippen LogP contribution is 2.42. The summed E-state index contributed by atoms with van der Waals surface area (Å²) in [7, 11) is -3.99. The van der Waals surface area contributed by atoms with E-state index >= 15 is 0 Å². The highest BCUT2D eigenvalue weighted by Gasteiger charge is 2.45. The SMILES string of the molecule is Cc1ccc(S(=O)(=O)OCCn2cnc(CN3CCOC[C@@]3(O[C@H](C)c3cc(C(F)(F)F)cc(C(F)(F)F)c3)c3ccccc3)n2)cc1. The zero-order valence-electron chi connectivity index (χ0n) is 25.8. The molecule has 1 aliphatic heterocycles. The summed E-state index contributed by atoms with van der Waals surface area (Å²) in [6.45, 7) is 3.50. The minimum Gasteiger partial charge on any atom is -0.375 e. The Hall–Kier alpha value is -3.83. The van der Waals surface area contributed by atoms with Gasteiger partial charge in [0.25, 0.3) is 10.1 Å². The lowest BCUT2D eigenvalue weighted by Gasteiger charge is -2.47. The fourth-order valence-corrected chi connectivity index (χ4v) is 6.18. The molecule has 2 atom stereocenters. The molecule has 2 heterocycles. The highest BCUT2D eigenvalue weighted by molar-refractivity contribution is 7.86. The number of aromatic nitrogens is 3. The van der Waals surface area contributed by atoms with E-state index < -0.39 is 45.4 Å². The summed E-state index contributed by atoms with van der Waals surface area (Å²) in [4.78, 5) is 6.15. The first kappa shape index (κ1) is 35.5. The van der Waals surface area contributed by atoms with Gasteiger partial charge in [-0.3, -0.25) is 13.8 Å². The Morgan fingerprint density at radius 2 is 1.60 bits per heavy atom. The van der Waals surface area contributed by atoms with Crippen LogP contribution < -0.4 is 0 Å². The van der Waals surface area contributed by atoms with Gasteiger partial charge in [0.05, 0.1) is 55.0 Å². The van der Waals surface area contributed by atoms with E-state index in [4.69, 9.17) is 13.7 Å². The molecule has 1 saturated heterocycles. The van der Waals surface area contributed by atoms with Crippen molar-refractivity contribution in [1.82, 2.24) is 19.7 Å². The lowest BCUT2D eigenvalue weighted by atomic mass is 9.97. The highest BCUT2D eigenvalue weighted by atomic mass is 32.2. The third kappa shape index (κ3) is 8.23. The second-order valence-electron chi connectivity index (χ2n) is 11.2. The number of hydrogen-bond acceptors (Lipinski definition) is 8. The quantitative estimate of drug-likeness (QED) is 0.130. The minimum absolute atomic E-state index is 0.0194. The first-order chi connectivity index (χ1) is 22.6. The molecule has 1 aliphatic rings. The predicted molar refractivity (Wildman–Crippen MR) is 160 cm³/mol. The maximum absolute atomic E-state index is 13.6. The van der Waals surface area contributed by atoms with Crippen LogP contribution >= 0.6 is 0 Å². The zero-order chi connectivity index (χ0) is 34.7. The number of ether oxygens (including phenoxy) is 2. The summed E-state index contributed by atoms with van der Waals surface area (Å²) in [5, 5.41) is 4.42. The average Bonchev–Trinajstić information content (AvgIpc) is 3.48. The zero-order valence-corrected chi connectivity index (χ0v) is 26.6. The first-order valence-electron chi connectivity index (χ1n) is 14.8. The van der Waals surface area contributed by atoms with Gasteiger partial charge in [-0.05, 0) is 49.7 Å². The number of hydrogen-bond donors (Lipinski definition) is 0. The van der Waals surface area contributed by atoms with Crippen molar-refractivity contribution in [3.8, 4) is 0 Å². The van der Waals surface area contributed by atoms with Crippen molar-refractivity contribution in [2.45, 2.75) is 56.0 Å². The van der Waals surface area contributed by atoms with Gasteiger partial charge in [-0.1, -0.05) is 48.0 Å². The molecule has 0 N–H and O–H groups in total. The van der Waals surface area contributed by atoms with Crippen LogP contribution in [0.2, 0.25) is 0 Å². The van der Waals surface area contributed by atoms with E-state index in [1.807, 2.05) is 6.92 Å². The second kappa shape index (κ2) is 14.0. The van der Waals surface area contributed by atoms with Gasteiger partial charge in [-0.15, -0.1) is 0 Å². The maximum atomic E-state index is 13.6. The van der Waals surface area contributed by atoms with E-state index in [1.54, 1.807) is 47.4 Å². The molecule has 9 nitrogen and oxygen atoms in total. The number of morpholine rings is 1. The van der Waals surface area contributed by atoms with Crippen molar-refractivity contribution in [2.75, 3.05) is 26.4 Å². The number of rotatable bonds is 11. The van der Waals surface area contributed by atoms with Crippen molar-refractivity contribution in [3.63, 3.8) is 0 Å². The van der Waals surface area contributed by atoms with Gasteiger partial charge < -0.3 is 9.47 Å².